The van der Waals surface area contributed by atoms with E-state index in [4.69, 9.17) is 5.73 Å². The summed E-state index contributed by atoms with van der Waals surface area (Å²) < 4.78 is 88.6. The third-order valence-electron chi connectivity index (χ3n) is 2.47. The van der Waals surface area contributed by atoms with Gasteiger partial charge in [-0.25, -0.2) is 21.9 Å². The van der Waals surface area contributed by atoms with E-state index in [1.807, 2.05) is 0 Å². The van der Waals surface area contributed by atoms with E-state index in [0.29, 0.717) is 6.07 Å². The summed E-state index contributed by atoms with van der Waals surface area (Å²) in [6, 6.07) is -0.0341. The van der Waals surface area contributed by atoms with Crippen LogP contribution in [0.1, 0.15) is 18.9 Å². The number of nitrogens with one attached hydrogen (secondary N) is 1. The van der Waals surface area contributed by atoms with Gasteiger partial charge in [0.1, 0.15) is 4.90 Å². The Labute approximate surface area is 118 Å². The third kappa shape index (κ3) is 4.90. The van der Waals surface area contributed by atoms with Gasteiger partial charge in [0.25, 0.3) is 0 Å². The Bertz CT molecular complexity index is 616. The number of benzene rings is 1. The summed E-state index contributed by atoms with van der Waals surface area (Å²) in [5, 5.41) is 0. The summed E-state index contributed by atoms with van der Waals surface area (Å²) in [4.78, 5) is -1.07. The van der Waals surface area contributed by atoms with E-state index in [9.17, 15) is 30.4 Å². The second-order valence-corrected chi connectivity index (χ2v) is 6.12. The number of halogens is 5. The average molecular weight is 332 g/mol. The zero-order valence-corrected chi connectivity index (χ0v) is 11.7. The van der Waals surface area contributed by atoms with Crippen molar-refractivity contribution in [1.29, 1.82) is 0 Å². The van der Waals surface area contributed by atoms with Gasteiger partial charge in [0.05, 0.1) is 6.42 Å². The number of nitrogens with two attached hydrogens (primary N) is 1. The van der Waals surface area contributed by atoms with Gasteiger partial charge in [-0.05, 0) is 24.6 Å². The first kappa shape index (κ1) is 17.8. The largest absolute Gasteiger partial charge is 0.390 e. The van der Waals surface area contributed by atoms with Crippen LogP contribution in [-0.4, -0.2) is 20.6 Å². The van der Waals surface area contributed by atoms with E-state index in [-0.39, 0.29) is 12.1 Å². The molecule has 0 spiro atoms. The molecule has 0 aromatic heterocycles. The minimum atomic E-state index is -4.64. The van der Waals surface area contributed by atoms with Gasteiger partial charge in [0, 0.05) is 12.6 Å². The SMILES string of the molecule is CC(CC(F)(F)F)NS(=O)(=O)c1cc(CN)cc(F)c1F. The van der Waals surface area contributed by atoms with E-state index >= 15 is 0 Å². The van der Waals surface area contributed by atoms with Crippen molar-refractivity contribution >= 4 is 10.0 Å². The molecule has 4 nitrogen and oxygen atoms in total. The van der Waals surface area contributed by atoms with Gasteiger partial charge in [-0.2, -0.15) is 13.2 Å². The normalized spacial score (nSPS) is 14.2. The second kappa shape index (κ2) is 6.24. The summed E-state index contributed by atoms with van der Waals surface area (Å²) in [5.41, 5.74) is 5.21. The summed E-state index contributed by atoms with van der Waals surface area (Å²) in [6.45, 7) is 0.712. The minimum absolute atomic E-state index is 0.00208. The van der Waals surface area contributed by atoms with Crippen LogP contribution < -0.4 is 10.5 Å². The van der Waals surface area contributed by atoms with Gasteiger partial charge in [-0.3, -0.25) is 0 Å². The lowest BCUT2D eigenvalue weighted by Crippen LogP contribution is -2.36. The fourth-order valence-corrected chi connectivity index (χ4v) is 3.03. The van der Waals surface area contributed by atoms with Crippen molar-refractivity contribution in [2.75, 3.05) is 0 Å². The second-order valence-electron chi connectivity index (χ2n) is 4.44. The molecule has 1 unspecified atom stereocenters. The van der Waals surface area contributed by atoms with E-state index < -0.39 is 45.2 Å². The molecule has 0 bridgehead atoms. The predicted octanol–water partition coefficient (Wildman–Crippen LogP) is 2.04. The van der Waals surface area contributed by atoms with Gasteiger partial charge in [-0.1, -0.05) is 0 Å². The highest BCUT2D eigenvalue weighted by molar-refractivity contribution is 7.89. The number of rotatable bonds is 5. The maximum atomic E-state index is 13.5. The molecule has 0 aliphatic carbocycles. The number of hydrogen-bond donors (Lipinski definition) is 2. The van der Waals surface area contributed by atoms with Crippen LogP contribution in [0.25, 0.3) is 0 Å². The molecule has 1 aromatic rings. The Morgan fingerprint density at radius 2 is 1.86 bits per heavy atom. The first-order chi connectivity index (χ1) is 9.46. The molecule has 0 saturated carbocycles. The molecule has 10 heteroatoms. The van der Waals surface area contributed by atoms with Gasteiger partial charge >= 0.3 is 6.18 Å². The van der Waals surface area contributed by atoms with Crippen molar-refractivity contribution in [3.63, 3.8) is 0 Å². The smallest absolute Gasteiger partial charge is 0.326 e. The monoisotopic (exact) mass is 332 g/mol. The average Bonchev–Trinajstić information content (AvgIpc) is 2.28. The minimum Gasteiger partial charge on any atom is -0.326 e. The number of hydrogen-bond acceptors (Lipinski definition) is 3. The van der Waals surface area contributed by atoms with Gasteiger partial charge in [-0.15, -0.1) is 0 Å². The first-order valence-electron chi connectivity index (χ1n) is 5.73. The molecule has 0 fully saturated rings. The predicted molar refractivity (Wildman–Crippen MR) is 64.7 cm³/mol. The van der Waals surface area contributed by atoms with Gasteiger partial charge < -0.3 is 5.73 Å². The van der Waals surface area contributed by atoms with Crippen molar-refractivity contribution in [3.05, 3.63) is 29.3 Å². The molecule has 1 aromatic carbocycles. The zero-order chi connectivity index (χ0) is 16.4. The highest BCUT2D eigenvalue weighted by Crippen LogP contribution is 2.24. The molecule has 0 aliphatic rings. The highest BCUT2D eigenvalue weighted by atomic mass is 32.2. The Kier molecular flexibility index (Phi) is 5.29. The number of alkyl halides is 3. The lowest BCUT2D eigenvalue weighted by Gasteiger charge is -2.16. The van der Waals surface area contributed by atoms with Crippen molar-refractivity contribution in [2.45, 2.75) is 37.0 Å². The maximum absolute atomic E-state index is 13.5. The molecule has 21 heavy (non-hydrogen) atoms. The molecule has 0 aliphatic heterocycles. The van der Waals surface area contributed by atoms with Crippen LogP contribution in [0.4, 0.5) is 22.0 Å². The molecule has 0 heterocycles. The highest BCUT2D eigenvalue weighted by Gasteiger charge is 2.33. The molecular formula is C11H13F5N2O2S. The van der Waals surface area contributed by atoms with Crippen LogP contribution in [0, 0.1) is 11.6 Å². The lowest BCUT2D eigenvalue weighted by atomic mass is 10.2. The van der Waals surface area contributed by atoms with Crippen LogP contribution in [-0.2, 0) is 16.6 Å². The van der Waals surface area contributed by atoms with Crippen molar-refractivity contribution in [1.82, 2.24) is 4.72 Å². The summed E-state index contributed by atoms with van der Waals surface area (Å²) >= 11 is 0. The van der Waals surface area contributed by atoms with E-state index in [0.717, 1.165) is 13.0 Å². The fraction of sp³-hybridized carbons (Fsp3) is 0.455. The van der Waals surface area contributed by atoms with Gasteiger partial charge in [0.2, 0.25) is 10.0 Å². The fourth-order valence-electron chi connectivity index (χ4n) is 1.65. The molecule has 3 N–H and O–H groups in total. The molecule has 0 radical (unpaired) electrons. The summed E-state index contributed by atoms with van der Waals surface area (Å²) in [5.74, 6) is -3.11. The molecule has 1 atom stereocenters. The van der Waals surface area contributed by atoms with Crippen molar-refractivity contribution in [3.8, 4) is 0 Å². The standard InChI is InChI=1S/C11H13F5N2O2S/c1-6(4-11(14,15)16)18-21(19,20)9-3-7(5-17)2-8(12)10(9)13/h2-3,6,18H,4-5,17H2,1H3. The van der Waals surface area contributed by atoms with Crippen molar-refractivity contribution < 1.29 is 30.4 Å². The number of sulfonamides is 1. The zero-order valence-electron chi connectivity index (χ0n) is 10.8. The van der Waals surface area contributed by atoms with Crippen LogP contribution >= 0.6 is 0 Å². The Hall–Kier alpha value is -1.26. The van der Waals surface area contributed by atoms with Crippen LogP contribution in [0.15, 0.2) is 17.0 Å². The summed E-state index contributed by atoms with van der Waals surface area (Å²) in [7, 11) is -4.64. The van der Waals surface area contributed by atoms with E-state index in [2.05, 4.69) is 0 Å². The Morgan fingerprint density at radius 1 is 1.29 bits per heavy atom. The van der Waals surface area contributed by atoms with E-state index in [1.165, 1.54) is 0 Å². The summed E-state index contributed by atoms with van der Waals surface area (Å²) in [6.07, 6.45) is -6.03. The quantitative estimate of drug-likeness (QED) is 0.811. The van der Waals surface area contributed by atoms with Gasteiger partial charge in [0.15, 0.2) is 11.6 Å². The molecule has 0 amide bonds. The Morgan fingerprint density at radius 3 is 2.33 bits per heavy atom. The third-order valence-corrected chi connectivity index (χ3v) is 4.06. The first-order valence-corrected chi connectivity index (χ1v) is 7.21. The van der Waals surface area contributed by atoms with Crippen LogP contribution in [0.3, 0.4) is 0 Å². The maximum Gasteiger partial charge on any atom is 0.390 e. The molecule has 1 rings (SSSR count). The van der Waals surface area contributed by atoms with Crippen molar-refractivity contribution in [2.24, 2.45) is 5.73 Å². The topological polar surface area (TPSA) is 72.2 Å². The van der Waals surface area contributed by atoms with Crippen LogP contribution in [0.5, 0.6) is 0 Å². The van der Waals surface area contributed by atoms with E-state index in [1.54, 1.807) is 4.72 Å². The molecule has 0 saturated heterocycles. The van der Waals surface area contributed by atoms with Crippen LogP contribution in [0.2, 0.25) is 0 Å². The molecule has 120 valence electrons. The lowest BCUT2D eigenvalue weighted by molar-refractivity contribution is -0.137. The molecular weight excluding hydrogens is 319 g/mol. The Balaban J connectivity index is 3.11.